The molecule has 2 heterocycles. The van der Waals surface area contributed by atoms with Gasteiger partial charge in [-0.3, -0.25) is 9.69 Å². The van der Waals surface area contributed by atoms with E-state index in [4.69, 9.17) is 9.47 Å². The van der Waals surface area contributed by atoms with E-state index in [-0.39, 0.29) is 21.8 Å². The molecule has 3 aromatic rings. The maximum absolute atomic E-state index is 13.0. The van der Waals surface area contributed by atoms with E-state index < -0.39 is 10.0 Å². The molecule has 0 radical (unpaired) electrons. The number of methoxy groups -OCH3 is 1. The Labute approximate surface area is 212 Å². The molecule has 35 heavy (non-hydrogen) atoms. The third kappa shape index (κ3) is 5.84. The van der Waals surface area contributed by atoms with Crippen molar-refractivity contribution >= 4 is 50.3 Å². The molecule has 1 amide bonds. The number of carbonyl (C=O) groups is 1. The molecule has 1 saturated heterocycles. The molecule has 0 aliphatic carbocycles. The average Bonchev–Trinajstić information content (AvgIpc) is 3.50. The second kappa shape index (κ2) is 10.9. The standard InChI is InChI=1S/C25H22N2O5S3/c1-3-13-27-24(28)22(34-25(27)26-35(29,30)23-10-7-14-33-23)16-19-11-12-20(21(15-19)31-2)32-17-18-8-5-4-6-9-18/h3-12,14-16H,1,13,17H2,2H3/b22-16-,26-25+. The minimum absolute atomic E-state index is 0.0873. The van der Waals surface area contributed by atoms with Crippen LogP contribution in [0.25, 0.3) is 6.08 Å². The molecule has 4 rings (SSSR count). The zero-order chi connectivity index (χ0) is 24.8. The van der Waals surface area contributed by atoms with Gasteiger partial charge in [0.15, 0.2) is 16.7 Å². The first-order valence-electron chi connectivity index (χ1n) is 10.5. The van der Waals surface area contributed by atoms with Crippen LogP contribution in [0.2, 0.25) is 0 Å². The largest absolute Gasteiger partial charge is 0.493 e. The topological polar surface area (TPSA) is 85.3 Å². The Morgan fingerprint density at radius 3 is 2.57 bits per heavy atom. The number of benzene rings is 2. The van der Waals surface area contributed by atoms with Crippen LogP contribution in [-0.4, -0.2) is 38.0 Å². The molecular formula is C25H22N2O5S3. The fourth-order valence-corrected chi connectivity index (χ4v) is 6.36. The van der Waals surface area contributed by atoms with Crippen molar-refractivity contribution in [3.8, 4) is 11.5 Å². The first-order chi connectivity index (χ1) is 16.9. The van der Waals surface area contributed by atoms with Crippen molar-refractivity contribution in [1.82, 2.24) is 4.90 Å². The molecule has 10 heteroatoms. The molecule has 0 spiro atoms. The molecule has 180 valence electrons. The number of rotatable bonds is 9. The number of hydrogen-bond donors (Lipinski definition) is 0. The number of sulfonamides is 1. The molecule has 0 saturated carbocycles. The molecule has 1 aliphatic rings. The highest BCUT2D eigenvalue weighted by atomic mass is 32.2. The Morgan fingerprint density at radius 1 is 1.09 bits per heavy atom. The molecule has 1 fully saturated rings. The monoisotopic (exact) mass is 526 g/mol. The van der Waals surface area contributed by atoms with Crippen LogP contribution in [0.4, 0.5) is 0 Å². The van der Waals surface area contributed by atoms with E-state index in [9.17, 15) is 13.2 Å². The van der Waals surface area contributed by atoms with E-state index in [0.29, 0.717) is 28.6 Å². The minimum atomic E-state index is -3.92. The summed E-state index contributed by atoms with van der Waals surface area (Å²) in [6.07, 6.45) is 3.20. The van der Waals surface area contributed by atoms with Crippen molar-refractivity contribution in [2.24, 2.45) is 4.40 Å². The predicted octanol–water partition coefficient (Wildman–Crippen LogP) is 5.18. The van der Waals surface area contributed by atoms with Gasteiger partial charge in [0.25, 0.3) is 15.9 Å². The third-order valence-electron chi connectivity index (χ3n) is 4.87. The second-order valence-electron chi connectivity index (χ2n) is 7.28. The zero-order valence-corrected chi connectivity index (χ0v) is 21.2. The summed E-state index contributed by atoms with van der Waals surface area (Å²) in [6, 6.07) is 18.2. The summed E-state index contributed by atoms with van der Waals surface area (Å²) < 4.78 is 40.7. The first kappa shape index (κ1) is 24.8. The lowest BCUT2D eigenvalue weighted by molar-refractivity contribution is -0.121. The van der Waals surface area contributed by atoms with Crippen molar-refractivity contribution in [1.29, 1.82) is 0 Å². The van der Waals surface area contributed by atoms with Crippen LogP contribution in [0, 0.1) is 0 Å². The van der Waals surface area contributed by atoms with E-state index in [1.54, 1.807) is 42.8 Å². The first-order valence-corrected chi connectivity index (χ1v) is 13.6. The molecule has 2 aromatic carbocycles. The van der Waals surface area contributed by atoms with E-state index in [0.717, 1.165) is 28.7 Å². The third-order valence-corrected chi connectivity index (χ3v) is 8.63. The number of thiophene rings is 1. The van der Waals surface area contributed by atoms with Crippen LogP contribution in [0.5, 0.6) is 11.5 Å². The highest BCUT2D eigenvalue weighted by molar-refractivity contribution is 8.19. The van der Waals surface area contributed by atoms with Gasteiger partial charge >= 0.3 is 0 Å². The van der Waals surface area contributed by atoms with E-state index in [1.807, 2.05) is 30.3 Å². The summed E-state index contributed by atoms with van der Waals surface area (Å²) in [5.74, 6) is 0.739. The maximum atomic E-state index is 13.0. The molecule has 1 aromatic heterocycles. The van der Waals surface area contributed by atoms with E-state index >= 15 is 0 Å². The van der Waals surface area contributed by atoms with Crippen LogP contribution in [0.1, 0.15) is 11.1 Å². The number of hydrogen-bond acceptors (Lipinski definition) is 7. The fourth-order valence-electron chi connectivity index (χ4n) is 3.20. The van der Waals surface area contributed by atoms with Crippen LogP contribution in [0.3, 0.4) is 0 Å². The lowest BCUT2D eigenvalue weighted by Crippen LogP contribution is -2.29. The van der Waals surface area contributed by atoms with Gasteiger partial charge in [0.2, 0.25) is 0 Å². The molecule has 7 nitrogen and oxygen atoms in total. The Kier molecular flexibility index (Phi) is 7.74. The SMILES string of the molecule is C=CCN1C(=O)/C(=C/c2ccc(OCc3ccccc3)c(OC)c2)S/C1=N/S(=O)(=O)c1cccs1. The molecular weight excluding hydrogens is 504 g/mol. The number of amides is 1. The molecule has 0 atom stereocenters. The normalized spacial score (nSPS) is 16.1. The van der Waals surface area contributed by atoms with E-state index in [1.165, 1.54) is 17.0 Å². The maximum Gasteiger partial charge on any atom is 0.294 e. The van der Waals surface area contributed by atoms with Crippen molar-refractivity contribution in [3.63, 3.8) is 0 Å². The summed E-state index contributed by atoms with van der Waals surface area (Å²) in [4.78, 5) is 14.7. The van der Waals surface area contributed by atoms with Gasteiger partial charge in [0, 0.05) is 6.54 Å². The number of ether oxygens (including phenoxy) is 2. The molecule has 1 aliphatic heterocycles. The van der Waals surface area contributed by atoms with Crippen molar-refractivity contribution < 1.29 is 22.7 Å². The highest BCUT2D eigenvalue weighted by Crippen LogP contribution is 2.36. The summed E-state index contributed by atoms with van der Waals surface area (Å²) >= 11 is 2.08. The summed E-state index contributed by atoms with van der Waals surface area (Å²) in [7, 11) is -2.38. The van der Waals surface area contributed by atoms with Gasteiger partial charge in [-0.1, -0.05) is 48.5 Å². The second-order valence-corrected chi connectivity index (χ2v) is 11.1. The zero-order valence-electron chi connectivity index (χ0n) is 18.8. The molecule has 0 N–H and O–H groups in total. The van der Waals surface area contributed by atoms with Crippen LogP contribution < -0.4 is 9.47 Å². The van der Waals surface area contributed by atoms with Gasteiger partial charge < -0.3 is 9.47 Å². The molecule has 0 unspecified atom stereocenters. The number of thioether (sulfide) groups is 1. The Balaban J connectivity index is 1.59. The predicted molar refractivity (Wildman–Crippen MR) is 140 cm³/mol. The number of amidine groups is 1. The smallest absolute Gasteiger partial charge is 0.294 e. The lowest BCUT2D eigenvalue weighted by Gasteiger charge is -2.12. The van der Waals surface area contributed by atoms with Gasteiger partial charge in [0.05, 0.1) is 12.0 Å². The van der Waals surface area contributed by atoms with E-state index in [2.05, 4.69) is 11.0 Å². The van der Waals surface area contributed by atoms with Gasteiger partial charge in [-0.05, 0) is 52.5 Å². The van der Waals surface area contributed by atoms with Gasteiger partial charge in [-0.15, -0.1) is 22.3 Å². The van der Waals surface area contributed by atoms with Crippen molar-refractivity contribution in [2.75, 3.05) is 13.7 Å². The number of carbonyl (C=O) groups excluding carboxylic acids is 1. The number of nitrogens with zero attached hydrogens (tertiary/aromatic N) is 2. The minimum Gasteiger partial charge on any atom is -0.493 e. The average molecular weight is 527 g/mol. The van der Waals surface area contributed by atoms with Crippen LogP contribution >= 0.6 is 23.1 Å². The summed E-state index contributed by atoms with van der Waals surface area (Å²) in [6.45, 7) is 4.19. The van der Waals surface area contributed by atoms with Crippen LogP contribution in [0.15, 0.2) is 92.2 Å². The quantitative estimate of drug-likeness (QED) is 0.282. The highest BCUT2D eigenvalue weighted by Gasteiger charge is 2.34. The Hall–Kier alpha value is -3.34. The van der Waals surface area contributed by atoms with Gasteiger partial charge in [-0.25, -0.2) is 0 Å². The Morgan fingerprint density at radius 2 is 1.89 bits per heavy atom. The lowest BCUT2D eigenvalue weighted by atomic mass is 10.1. The van der Waals surface area contributed by atoms with Crippen LogP contribution in [-0.2, 0) is 21.4 Å². The Bertz CT molecular complexity index is 1380. The van der Waals surface area contributed by atoms with Crippen molar-refractivity contribution in [3.05, 3.63) is 94.7 Å². The summed E-state index contributed by atoms with van der Waals surface area (Å²) in [5.41, 5.74) is 1.73. The van der Waals surface area contributed by atoms with Crippen molar-refractivity contribution in [2.45, 2.75) is 10.8 Å². The van der Waals surface area contributed by atoms with Gasteiger partial charge in [-0.2, -0.15) is 8.42 Å². The van der Waals surface area contributed by atoms with Gasteiger partial charge in [0.1, 0.15) is 10.8 Å². The molecule has 0 bridgehead atoms. The summed E-state index contributed by atoms with van der Waals surface area (Å²) in [5, 5.41) is 1.75. The fraction of sp³-hybridized carbons (Fsp3) is 0.120.